The van der Waals surface area contributed by atoms with Crippen LogP contribution in [0.2, 0.25) is 0 Å². The summed E-state index contributed by atoms with van der Waals surface area (Å²) < 4.78 is 0.880. The van der Waals surface area contributed by atoms with Crippen LogP contribution in [0.3, 0.4) is 0 Å². The topological polar surface area (TPSA) is 36.1 Å². The molecule has 3 nitrogen and oxygen atoms in total. The first-order valence-corrected chi connectivity index (χ1v) is 7.50. The number of nitrogens with zero attached hydrogens (tertiary/aromatic N) is 1. The summed E-state index contributed by atoms with van der Waals surface area (Å²) in [5.74, 6) is -0.0196. The molecule has 3 aromatic rings. The van der Waals surface area contributed by atoms with Crippen LogP contribution in [0.4, 0.5) is 0 Å². The zero-order valence-electron chi connectivity index (χ0n) is 11.6. The summed E-state index contributed by atoms with van der Waals surface area (Å²) in [7, 11) is 1.81. The molecule has 0 aliphatic heterocycles. The molecule has 0 saturated carbocycles. The number of fused-ring (bicyclic) bond motifs is 1. The second-order valence-electron chi connectivity index (χ2n) is 5.07. The summed E-state index contributed by atoms with van der Waals surface area (Å²) >= 11 is 3.34. The van der Waals surface area contributed by atoms with Crippen LogP contribution >= 0.6 is 15.9 Å². The largest absolute Gasteiger partial charge is 0.356 e. The molecule has 106 valence electrons. The third-order valence-electron chi connectivity index (χ3n) is 3.46. The Morgan fingerprint density at radius 3 is 2.62 bits per heavy atom. The fourth-order valence-electron chi connectivity index (χ4n) is 2.38. The normalized spacial score (nSPS) is 10.8. The van der Waals surface area contributed by atoms with Gasteiger partial charge in [-0.05, 0) is 44.4 Å². The highest BCUT2D eigenvalue weighted by Crippen LogP contribution is 2.18. The first-order chi connectivity index (χ1) is 10.1. The molecule has 0 radical (unpaired) electrons. The lowest BCUT2D eigenvalue weighted by atomic mass is 10.1. The van der Waals surface area contributed by atoms with E-state index in [2.05, 4.69) is 51.2 Å². The fraction of sp³-hybridized carbons (Fsp3) is 0.118. The summed E-state index contributed by atoms with van der Waals surface area (Å²) in [5, 5.41) is 2.40. The average Bonchev–Trinajstić information content (AvgIpc) is 2.93. The van der Waals surface area contributed by atoms with Gasteiger partial charge in [-0.15, -0.1) is 0 Å². The number of aromatic amines is 1. The van der Waals surface area contributed by atoms with Crippen LogP contribution in [-0.4, -0.2) is 22.8 Å². The van der Waals surface area contributed by atoms with Crippen LogP contribution in [0.25, 0.3) is 10.8 Å². The minimum atomic E-state index is -0.0196. The van der Waals surface area contributed by atoms with Gasteiger partial charge in [0.1, 0.15) is 5.69 Å². The van der Waals surface area contributed by atoms with Gasteiger partial charge < -0.3 is 9.88 Å². The van der Waals surface area contributed by atoms with E-state index in [1.54, 1.807) is 17.2 Å². The molecule has 3 rings (SSSR count). The van der Waals surface area contributed by atoms with Crippen molar-refractivity contribution in [2.45, 2.75) is 6.54 Å². The number of carbonyl (C=O) groups excluding carboxylic acids is 1. The smallest absolute Gasteiger partial charge is 0.270 e. The molecule has 2 aromatic carbocycles. The summed E-state index contributed by atoms with van der Waals surface area (Å²) in [4.78, 5) is 17.0. The molecular formula is C17H15BrN2O. The Balaban J connectivity index is 1.79. The molecule has 1 amide bonds. The van der Waals surface area contributed by atoms with Crippen molar-refractivity contribution in [3.63, 3.8) is 0 Å². The van der Waals surface area contributed by atoms with E-state index in [4.69, 9.17) is 0 Å². The van der Waals surface area contributed by atoms with E-state index >= 15 is 0 Å². The number of benzene rings is 2. The lowest BCUT2D eigenvalue weighted by Crippen LogP contribution is -2.26. The van der Waals surface area contributed by atoms with Crippen LogP contribution in [0, 0.1) is 0 Å². The number of carbonyl (C=O) groups is 1. The van der Waals surface area contributed by atoms with E-state index in [1.165, 1.54) is 10.8 Å². The number of H-pyrrole nitrogens is 1. The summed E-state index contributed by atoms with van der Waals surface area (Å²) in [6, 6.07) is 16.3. The van der Waals surface area contributed by atoms with Gasteiger partial charge in [-0.2, -0.15) is 0 Å². The molecule has 21 heavy (non-hydrogen) atoms. The van der Waals surface area contributed by atoms with Crippen LogP contribution in [0.1, 0.15) is 16.1 Å². The Labute approximate surface area is 131 Å². The van der Waals surface area contributed by atoms with Crippen molar-refractivity contribution < 1.29 is 4.79 Å². The molecule has 1 heterocycles. The Hall–Kier alpha value is -2.07. The zero-order valence-corrected chi connectivity index (χ0v) is 13.2. The average molecular weight is 343 g/mol. The summed E-state index contributed by atoms with van der Waals surface area (Å²) in [5.41, 5.74) is 1.71. The second kappa shape index (κ2) is 5.74. The van der Waals surface area contributed by atoms with Gasteiger partial charge >= 0.3 is 0 Å². The predicted octanol–water partition coefficient (Wildman–Crippen LogP) is 4.20. The van der Waals surface area contributed by atoms with Crippen LogP contribution in [0.15, 0.2) is 59.2 Å². The van der Waals surface area contributed by atoms with E-state index in [9.17, 15) is 4.79 Å². The van der Waals surface area contributed by atoms with Crippen LogP contribution in [-0.2, 0) is 6.54 Å². The maximum atomic E-state index is 12.3. The highest BCUT2D eigenvalue weighted by atomic mass is 79.9. The van der Waals surface area contributed by atoms with Crippen LogP contribution in [0.5, 0.6) is 0 Å². The van der Waals surface area contributed by atoms with E-state index < -0.39 is 0 Å². The summed E-state index contributed by atoms with van der Waals surface area (Å²) in [6.07, 6.45) is 1.76. The van der Waals surface area contributed by atoms with Crippen molar-refractivity contribution in [3.05, 3.63) is 70.5 Å². The molecule has 4 heteroatoms. The van der Waals surface area contributed by atoms with Crippen molar-refractivity contribution >= 4 is 32.6 Å². The lowest BCUT2D eigenvalue weighted by Gasteiger charge is -2.16. The van der Waals surface area contributed by atoms with Crippen molar-refractivity contribution in [3.8, 4) is 0 Å². The fourth-order valence-corrected chi connectivity index (χ4v) is 2.72. The molecule has 0 saturated heterocycles. The highest BCUT2D eigenvalue weighted by Gasteiger charge is 2.13. The van der Waals surface area contributed by atoms with E-state index in [0.717, 1.165) is 10.0 Å². The minimum absolute atomic E-state index is 0.0196. The van der Waals surface area contributed by atoms with Gasteiger partial charge in [0.15, 0.2) is 0 Å². The highest BCUT2D eigenvalue weighted by molar-refractivity contribution is 9.10. The van der Waals surface area contributed by atoms with E-state index in [1.807, 2.05) is 19.2 Å². The molecule has 0 aliphatic carbocycles. The number of amides is 1. The first-order valence-electron chi connectivity index (χ1n) is 6.70. The van der Waals surface area contributed by atoms with Gasteiger partial charge in [0.25, 0.3) is 5.91 Å². The van der Waals surface area contributed by atoms with Crippen molar-refractivity contribution in [1.82, 2.24) is 9.88 Å². The Kier molecular flexibility index (Phi) is 3.80. The van der Waals surface area contributed by atoms with E-state index in [0.29, 0.717) is 12.2 Å². The minimum Gasteiger partial charge on any atom is -0.356 e. The number of hydrogen-bond acceptors (Lipinski definition) is 1. The molecule has 0 bridgehead atoms. The Morgan fingerprint density at radius 1 is 1.14 bits per heavy atom. The van der Waals surface area contributed by atoms with Gasteiger partial charge in [-0.3, -0.25) is 4.79 Å². The molecule has 1 N–H and O–H groups in total. The Morgan fingerprint density at radius 2 is 1.90 bits per heavy atom. The van der Waals surface area contributed by atoms with Gasteiger partial charge in [0.2, 0.25) is 0 Å². The zero-order chi connectivity index (χ0) is 14.8. The molecule has 0 atom stereocenters. The maximum absolute atomic E-state index is 12.3. The maximum Gasteiger partial charge on any atom is 0.270 e. The standard InChI is InChI=1S/C17H15BrN2O/c1-20(17(21)16-9-15(18)10-19-16)11-12-6-7-13-4-2-3-5-14(13)8-12/h2-10,19H,11H2,1H3. The second-order valence-corrected chi connectivity index (χ2v) is 5.99. The third-order valence-corrected chi connectivity index (χ3v) is 3.92. The number of halogens is 1. The molecule has 0 spiro atoms. The first kappa shape index (κ1) is 13.9. The molecular weight excluding hydrogens is 328 g/mol. The third kappa shape index (κ3) is 3.00. The number of rotatable bonds is 3. The van der Waals surface area contributed by atoms with Crippen molar-refractivity contribution in [2.24, 2.45) is 0 Å². The van der Waals surface area contributed by atoms with Gasteiger partial charge in [0.05, 0.1) is 0 Å². The van der Waals surface area contributed by atoms with Crippen LogP contribution < -0.4 is 0 Å². The molecule has 0 fully saturated rings. The lowest BCUT2D eigenvalue weighted by molar-refractivity contribution is 0.0780. The quantitative estimate of drug-likeness (QED) is 0.760. The molecule has 1 aromatic heterocycles. The number of hydrogen-bond donors (Lipinski definition) is 1. The SMILES string of the molecule is CN(Cc1ccc2ccccc2c1)C(=O)c1cc(Br)c[nH]1. The van der Waals surface area contributed by atoms with E-state index in [-0.39, 0.29) is 5.91 Å². The molecule has 0 unspecified atom stereocenters. The monoisotopic (exact) mass is 342 g/mol. The number of nitrogens with one attached hydrogen (secondary N) is 1. The predicted molar refractivity (Wildman–Crippen MR) is 88.2 cm³/mol. The van der Waals surface area contributed by atoms with Gasteiger partial charge in [0, 0.05) is 24.3 Å². The summed E-state index contributed by atoms with van der Waals surface area (Å²) in [6.45, 7) is 0.584. The van der Waals surface area contributed by atoms with Crippen molar-refractivity contribution in [2.75, 3.05) is 7.05 Å². The van der Waals surface area contributed by atoms with Crippen molar-refractivity contribution in [1.29, 1.82) is 0 Å². The number of aromatic nitrogens is 1. The van der Waals surface area contributed by atoms with Gasteiger partial charge in [-0.25, -0.2) is 0 Å². The Bertz CT molecular complexity index is 794. The molecule has 0 aliphatic rings. The van der Waals surface area contributed by atoms with Gasteiger partial charge in [-0.1, -0.05) is 36.4 Å².